The van der Waals surface area contributed by atoms with Gasteiger partial charge in [0.15, 0.2) is 0 Å². The number of likely N-dealkylation sites (tertiary alicyclic amines) is 1. The maximum atomic E-state index is 5.65. The molecule has 0 bridgehead atoms. The minimum atomic E-state index is 0.846. The predicted molar refractivity (Wildman–Crippen MR) is 95.3 cm³/mol. The molecule has 0 saturated carbocycles. The first-order valence-electron chi connectivity index (χ1n) is 10.2. The Kier molecular flexibility index (Phi) is 8.84. The molecular weight excluding hydrogens is 270 g/mol. The summed E-state index contributed by atoms with van der Waals surface area (Å²) < 4.78 is 5.65. The normalized spacial score (nSPS) is 26.5. The molecule has 22 heavy (non-hydrogen) atoms. The van der Waals surface area contributed by atoms with E-state index in [9.17, 15) is 0 Å². The van der Waals surface area contributed by atoms with E-state index < -0.39 is 0 Å². The van der Waals surface area contributed by atoms with Gasteiger partial charge in [0.25, 0.3) is 0 Å². The molecule has 2 fully saturated rings. The van der Waals surface area contributed by atoms with Crippen LogP contribution in [0.5, 0.6) is 0 Å². The second-order valence-electron chi connectivity index (χ2n) is 7.72. The van der Waals surface area contributed by atoms with Gasteiger partial charge in [-0.1, -0.05) is 71.6 Å². The summed E-state index contributed by atoms with van der Waals surface area (Å²) in [5.41, 5.74) is 0. The van der Waals surface area contributed by atoms with Gasteiger partial charge in [-0.15, -0.1) is 0 Å². The predicted octanol–water partition coefficient (Wildman–Crippen LogP) is 5.26. The van der Waals surface area contributed by atoms with E-state index in [2.05, 4.69) is 18.7 Å². The van der Waals surface area contributed by atoms with Crippen molar-refractivity contribution in [3.8, 4) is 0 Å². The fourth-order valence-corrected chi connectivity index (χ4v) is 4.32. The van der Waals surface area contributed by atoms with Gasteiger partial charge in [-0.05, 0) is 12.8 Å². The lowest BCUT2D eigenvalue weighted by Crippen LogP contribution is -2.34. The number of hydrogen-bond donors (Lipinski definition) is 0. The second kappa shape index (κ2) is 10.6. The summed E-state index contributed by atoms with van der Waals surface area (Å²) >= 11 is 0. The van der Waals surface area contributed by atoms with Crippen LogP contribution in [0.25, 0.3) is 0 Å². The molecule has 2 saturated heterocycles. The van der Waals surface area contributed by atoms with Crippen molar-refractivity contribution in [1.29, 1.82) is 0 Å². The summed E-state index contributed by atoms with van der Waals surface area (Å²) in [4.78, 5) is 2.84. The highest BCUT2D eigenvalue weighted by Gasteiger charge is 2.39. The summed E-state index contributed by atoms with van der Waals surface area (Å²) in [6, 6.07) is 0.865. The number of nitrogens with zero attached hydrogens (tertiary/aromatic N) is 1. The lowest BCUT2D eigenvalue weighted by Gasteiger charge is -2.29. The van der Waals surface area contributed by atoms with Crippen molar-refractivity contribution in [3.63, 3.8) is 0 Å². The minimum absolute atomic E-state index is 0.846. The molecule has 2 heteroatoms. The molecule has 0 amide bonds. The zero-order chi connectivity index (χ0) is 15.6. The Bertz CT molecular complexity index is 269. The lowest BCUT2D eigenvalue weighted by molar-refractivity contribution is 0.131. The highest BCUT2D eigenvalue weighted by atomic mass is 16.5. The highest BCUT2D eigenvalue weighted by Crippen LogP contribution is 2.32. The molecule has 0 aromatic rings. The van der Waals surface area contributed by atoms with Gasteiger partial charge in [-0.2, -0.15) is 0 Å². The fourth-order valence-electron chi connectivity index (χ4n) is 4.32. The topological polar surface area (TPSA) is 12.5 Å². The molecule has 1 unspecified atom stereocenters. The van der Waals surface area contributed by atoms with E-state index in [1.807, 2.05) is 0 Å². The molecule has 2 heterocycles. The molecule has 2 aliphatic rings. The zero-order valence-electron chi connectivity index (χ0n) is 15.2. The summed E-state index contributed by atoms with van der Waals surface area (Å²) in [7, 11) is 0. The second-order valence-corrected chi connectivity index (χ2v) is 7.72. The standard InChI is InChI=1S/C20H39NO/c1-3-5-7-9-11-13-20(12-10-8-6-4-2)21-14-18-16-22-17-19(18)15-21/h18-20H,3-17H2,1-2H3/t18-,19+,20?. The van der Waals surface area contributed by atoms with Crippen LogP contribution in [0, 0.1) is 11.8 Å². The first-order valence-corrected chi connectivity index (χ1v) is 10.2. The number of fused-ring (bicyclic) bond motifs is 1. The van der Waals surface area contributed by atoms with E-state index in [1.165, 1.54) is 83.7 Å². The van der Waals surface area contributed by atoms with Gasteiger partial charge in [0.2, 0.25) is 0 Å². The Balaban J connectivity index is 1.71. The number of unbranched alkanes of at least 4 members (excludes halogenated alkanes) is 7. The van der Waals surface area contributed by atoms with Gasteiger partial charge >= 0.3 is 0 Å². The lowest BCUT2D eigenvalue weighted by atomic mass is 9.99. The molecule has 0 spiro atoms. The Hall–Kier alpha value is -0.0800. The smallest absolute Gasteiger partial charge is 0.0510 e. The third-order valence-corrected chi connectivity index (χ3v) is 5.82. The highest BCUT2D eigenvalue weighted by molar-refractivity contribution is 4.90. The number of rotatable bonds is 12. The summed E-state index contributed by atoms with van der Waals surface area (Å²) in [5, 5.41) is 0. The van der Waals surface area contributed by atoms with E-state index >= 15 is 0 Å². The van der Waals surface area contributed by atoms with Crippen molar-refractivity contribution in [1.82, 2.24) is 4.90 Å². The van der Waals surface area contributed by atoms with Crippen molar-refractivity contribution < 1.29 is 4.74 Å². The summed E-state index contributed by atoms with van der Waals surface area (Å²) in [5.74, 6) is 1.69. The van der Waals surface area contributed by atoms with E-state index in [0.29, 0.717) is 0 Å². The Morgan fingerprint density at radius 3 is 1.82 bits per heavy atom. The van der Waals surface area contributed by atoms with E-state index in [0.717, 1.165) is 31.1 Å². The monoisotopic (exact) mass is 309 g/mol. The van der Waals surface area contributed by atoms with Crippen molar-refractivity contribution in [3.05, 3.63) is 0 Å². The molecule has 2 rings (SSSR count). The van der Waals surface area contributed by atoms with Crippen molar-refractivity contribution in [2.75, 3.05) is 26.3 Å². The van der Waals surface area contributed by atoms with Crippen LogP contribution >= 0.6 is 0 Å². The van der Waals surface area contributed by atoms with Crippen LogP contribution in [0.3, 0.4) is 0 Å². The van der Waals surface area contributed by atoms with Gasteiger partial charge in [-0.25, -0.2) is 0 Å². The SMILES string of the molecule is CCCCCCCC(CCCCCC)N1C[C@H]2COC[C@H]2C1. The third-order valence-electron chi connectivity index (χ3n) is 5.82. The van der Waals surface area contributed by atoms with E-state index in [-0.39, 0.29) is 0 Å². The maximum absolute atomic E-state index is 5.65. The number of hydrogen-bond acceptors (Lipinski definition) is 2. The largest absolute Gasteiger partial charge is 0.381 e. The van der Waals surface area contributed by atoms with E-state index in [1.54, 1.807) is 0 Å². The first kappa shape index (κ1) is 18.3. The maximum Gasteiger partial charge on any atom is 0.0510 e. The zero-order valence-corrected chi connectivity index (χ0v) is 15.2. The van der Waals surface area contributed by atoms with E-state index in [4.69, 9.17) is 4.74 Å². The van der Waals surface area contributed by atoms with Gasteiger partial charge in [0.05, 0.1) is 13.2 Å². The molecular formula is C20H39NO. The number of ether oxygens (including phenoxy) is 1. The molecule has 0 N–H and O–H groups in total. The van der Waals surface area contributed by atoms with Crippen molar-refractivity contribution in [2.45, 2.75) is 90.5 Å². The molecule has 2 nitrogen and oxygen atoms in total. The Morgan fingerprint density at radius 1 is 0.773 bits per heavy atom. The Morgan fingerprint density at radius 2 is 1.27 bits per heavy atom. The molecule has 0 aromatic carbocycles. The molecule has 0 radical (unpaired) electrons. The van der Waals surface area contributed by atoms with Crippen LogP contribution < -0.4 is 0 Å². The average molecular weight is 310 g/mol. The van der Waals surface area contributed by atoms with Gasteiger partial charge in [0, 0.05) is 31.0 Å². The summed E-state index contributed by atoms with van der Waals surface area (Å²) in [6.07, 6.45) is 15.6. The van der Waals surface area contributed by atoms with Crippen LogP contribution in [-0.4, -0.2) is 37.2 Å². The quantitative estimate of drug-likeness (QED) is 0.456. The van der Waals surface area contributed by atoms with Crippen LogP contribution in [0.4, 0.5) is 0 Å². The van der Waals surface area contributed by atoms with Gasteiger partial charge in [0.1, 0.15) is 0 Å². The van der Waals surface area contributed by atoms with Crippen molar-refractivity contribution in [2.24, 2.45) is 11.8 Å². The Labute approximate surface area is 139 Å². The molecule has 3 atom stereocenters. The molecule has 2 aliphatic heterocycles. The first-order chi connectivity index (χ1) is 10.8. The summed E-state index contributed by atoms with van der Waals surface area (Å²) in [6.45, 7) is 9.31. The van der Waals surface area contributed by atoms with Gasteiger partial charge < -0.3 is 4.74 Å². The van der Waals surface area contributed by atoms with Crippen LogP contribution in [-0.2, 0) is 4.74 Å². The molecule has 0 aromatic heterocycles. The fraction of sp³-hybridized carbons (Fsp3) is 1.00. The minimum Gasteiger partial charge on any atom is -0.381 e. The van der Waals surface area contributed by atoms with Crippen molar-refractivity contribution >= 4 is 0 Å². The van der Waals surface area contributed by atoms with Crippen LogP contribution in [0.2, 0.25) is 0 Å². The molecule has 130 valence electrons. The average Bonchev–Trinajstić information content (AvgIpc) is 3.10. The van der Waals surface area contributed by atoms with Gasteiger partial charge in [-0.3, -0.25) is 4.90 Å². The van der Waals surface area contributed by atoms with Crippen LogP contribution in [0.1, 0.15) is 84.5 Å². The third kappa shape index (κ3) is 5.85. The van der Waals surface area contributed by atoms with Crippen LogP contribution in [0.15, 0.2) is 0 Å². The molecule has 0 aliphatic carbocycles.